The summed E-state index contributed by atoms with van der Waals surface area (Å²) in [5.74, 6) is 1.95. The predicted octanol–water partition coefficient (Wildman–Crippen LogP) is 2.42. The van der Waals surface area contributed by atoms with Crippen molar-refractivity contribution >= 4 is 0 Å². The highest BCUT2D eigenvalue weighted by molar-refractivity contribution is 5.05. The molecule has 1 atom stereocenters. The van der Waals surface area contributed by atoms with E-state index in [2.05, 4.69) is 38.0 Å². The Balaban J connectivity index is 2.54. The molecule has 0 aliphatic carbocycles. The van der Waals surface area contributed by atoms with Gasteiger partial charge in [-0.3, -0.25) is 4.90 Å². The molecule has 0 fully saturated rings. The second-order valence-corrected chi connectivity index (χ2v) is 6.17. The Kier molecular flexibility index (Phi) is 6.04. The molecule has 0 amide bonds. The van der Waals surface area contributed by atoms with E-state index in [4.69, 9.17) is 9.15 Å². The summed E-state index contributed by atoms with van der Waals surface area (Å²) in [6, 6.07) is 4.36. The lowest BCUT2D eigenvalue weighted by Gasteiger charge is -2.30. The Hall–Kier alpha value is -0.840. The van der Waals surface area contributed by atoms with Crippen molar-refractivity contribution in [3.8, 4) is 0 Å². The van der Waals surface area contributed by atoms with Gasteiger partial charge in [-0.1, -0.05) is 0 Å². The number of rotatable bonds is 7. The third-order valence-corrected chi connectivity index (χ3v) is 3.05. The fourth-order valence-corrected chi connectivity index (χ4v) is 1.90. The SMILES string of the molecule is COCC(CNC(C)(C)C)N(C)Cc1ccc(C)o1. The second-order valence-electron chi connectivity index (χ2n) is 6.17. The zero-order valence-corrected chi connectivity index (χ0v) is 13.1. The highest BCUT2D eigenvalue weighted by Gasteiger charge is 2.19. The zero-order chi connectivity index (χ0) is 14.5. The quantitative estimate of drug-likeness (QED) is 0.824. The van der Waals surface area contributed by atoms with E-state index in [1.54, 1.807) is 7.11 Å². The fraction of sp³-hybridized carbons (Fsp3) is 0.733. The van der Waals surface area contributed by atoms with Gasteiger partial charge in [0.2, 0.25) is 0 Å². The van der Waals surface area contributed by atoms with Crippen LogP contribution in [0.1, 0.15) is 32.3 Å². The number of aryl methyl sites for hydroxylation is 1. The van der Waals surface area contributed by atoms with Crippen molar-refractivity contribution in [1.82, 2.24) is 10.2 Å². The molecular formula is C15H28N2O2. The number of ether oxygens (including phenoxy) is 1. The molecule has 4 heteroatoms. The van der Waals surface area contributed by atoms with Crippen molar-refractivity contribution in [2.45, 2.75) is 45.8 Å². The first-order chi connectivity index (χ1) is 8.81. The maximum atomic E-state index is 5.62. The van der Waals surface area contributed by atoms with Gasteiger partial charge in [-0.05, 0) is 46.9 Å². The van der Waals surface area contributed by atoms with Gasteiger partial charge < -0.3 is 14.5 Å². The number of likely N-dealkylation sites (N-methyl/N-ethyl adjacent to an activating group) is 1. The molecule has 1 aromatic heterocycles. The molecular weight excluding hydrogens is 240 g/mol. The van der Waals surface area contributed by atoms with Gasteiger partial charge in [-0.25, -0.2) is 0 Å². The summed E-state index contributed by atoms with van der Waals surface area (Å²) in [6.07, 6.45) is 0. The van der Waals surface area contributed by atoms with Gasteiger partial charge in [0.15, 0.2) is 0 Å². The van der Waals surface area contributed by atoms with Crippen LogP contribution in [0.4, 0.5) is 0 Å². The molecule has 110 valence electrons. The minimum Gasteiger partial charge on any atom is -0.465 e. The lowest BCUT2D eigenvalue weighted by Crippen LogP contribution is -2.48. The van der Waals surface area contributed by atoms with Crippen LogP contribution in [0.2, 0.25) is 0 Å². The molecule has 0 aliphatic heterocycles. The molecule has 1 rings (SSSR count). The summed E-state index contributed by atoms with van der Waals surface area (Å²) in [5.41, 5.74) is 0.119. The third-order valence-electron chi connectivity index (χ3n) is 3.05. The topological polar surface area (TPSA) is 37.6 Å². The zero-order valence-electron chi connectivity index (χ0n) is 13.1. The van der Waals surface area contributed by atoms with E-state index in [0.29, 0.717) is 12.6 Å². The number of hydrogen-bond acceptors (Lipinski definition) is 4. The van der Waals surface area contributed by atoms with Crippen molar-refractivity contribution in [3.63, 3.8) is 0 Å². The maximum absolute atomic E-state index is 5.62. The van der Waals surface area contributed by atoms with Crippen molar-refractivity contribution < 1.29 is 9.15 Å². The van der Waals surface area contributed by atoms with E-state index < -0.39 is 0 Å². The third kappa shape index (κ3) is 6.23. The van der Waals surface area contributed by atoms with Gasteiger partial charge in [0.25, 0.3) is 0 Å². The molecule has 1 heterocycles. The van der Waals surface area contributed by atoms with Crippen molar-refractivity contribution in [3.05, 3.63) is 23.7 Å². The smallest absolute Gasteiger partial charge is 0.118 e. The average Bonchev–Trinajstić information content (AvgIpc) is 2.68. The Bertz CT molecular complexity index is 368. The monoisotopic (exact) mass is 268 g/mol. The Morgan fingerprint density at radius 3 is 2.53 bits per heavy atom. The highest BCUT2D eigenvalue weighted by Crippen LogP contribution is 2.11. The van der Waals surface area contributed by atoms with E-state index in [0.717, 1.165) is 24.6 Å². The van der Waals surface area contributed by atoms with Gasteiger partial charge in [0.1, 0.15) is 11.5 Å². The van der Waals surface area contributed by atoms with Gasteiger partial charge in [-0.2, -0.15) is 0 Å². The summed E-state index contributed by atoms with van der Waals surface area (Å²) in [6.45, 7) is 10.9. The van der Waals surface area contributed by atoms with Crippen LogP contribution in [0.25, 0.3) is 0 Å². The van der Waals surface area contributed by atoms with E-state index in [1.807, 2.05) is 19.1 Å². The average molecular weight is 268 g/mol. The number of hydrogen-bond donors (Lipinski definition) is 1. The summed E-state index contributed by atoms with van der Waals surface area (Å²) in [5, 5.41) is 3.53. The molecule has 0 saturated carbocycles. The molecule has 0 aliphatic rings. The predicted molar refractivity (Wildman–Crippen MR) is 78.3 cm³/mol. The number of nitrogens with zero attached hydrogens (tertiary/aromatic N) is 1. The van der Waals surface area contributed by atoms with E-state index >= 15 is 0 Å². The van der Waals surface area contributed by atoms with Crippen LogP contribution in [-0.4, -0.2) is 43.8 Å². The van der Waals surface area contributed by atoms with Crippen LogP contribution in [0, 0.1) is 6.92 Å². The van der Waals surface area contributed by atoms with Crippen LogP contribution < -0.4 is 5.32 Å². The Labute approximate surface area is 117 Å². The van der Waals surface area contributed by atoms with Crippen LogP contribution in [0.3, 0.4) is 0 Å². The molecule has 19 heavy (non-hydrogen) atoms. The van der Waals surface area contributed by atoms with Crippen molar-refractivity contribution in [1.29, 1.82) is 0 Å². The van der Waals surface area contributed by atoms with Gasteiger partial charge in [0.05, 0.1) is 13.2 Å². The Morgan fingerprint density at radius 1 is 1.37 bits per heavy atom. The number of nitrogens with one attached hydrogen (secondary N) is 1. The fourth-order valence-electron chi connectivity index (χ4n) is 1.90. The standard InChI is InChI=1S/C15H28N2O2/c1-12-7-8-14(19-12)10-17(5)13(11-18-6)9-16-15(2,3)4/h7-8,13,16H,9-11H2,1-6H3. The van der Waals surface area contributed by atoms with Crippen LogP contribution in [0.15, 0.2) is 16.5 Å². The maximum Gasteiger partial charge on any atom is 0.118 e. The van der Waals surface area contributed by atoms with Crippen LogP contribution in [-0.2, 0) is 11.3 Å². The van der Waals surface area contributed by atoms with Crippen LogP contribution >= 0.6 is 0 Å². The molecule has 1 aromatic rings. The minimum absolute atomic E-state index is 0.119. The lowest BCUT2D eigenvalue weighted by molar-refractivity contribution is 0.0932. The van der Waals surface area contributed by atoms with Gasteiger partial charge in [0, 0.05) is 25.2 Å². The molecule has 1 unspecified atom stereocenters. The first kappa shape index (κ1) is 16.2. The van der Waals surface area contributed by atoms with E-state index in [-0.39, 0.29) is 5.54 Å². The summed E-state index contributed by atoms with van der Waals surface area (Å²) >= 11 is 0. The van der Waals surface area contributed by atoms with Gasteiger partial charge in [-0.15, -0.1) is 0 Å². The van der Waals surface area contributed by atoms with Crippen LogP contribution in [0.5, 0.6) is 0 Å². The first-order valence-corrected chi connectivity index (χ1v) is 6.81. The molecule has 0 radical (unpaired) electrons. The molecule has 4 nitrogen and oxygen atoms in total. The number of methoxy groups -OCH3 is 1. The van der Waals surface area contributed by atoms with Crippen molar-refractivity contribution in [2.75, 3.05) is 27.3 Å². The van der Waals surface area contributed by atoms with E-state index in [1.165, 1.54) is 0 Å². The summed E-state index contributed by atoms with van der Waals surface area (Å²) in [7, 11) is 3.85. The normalized spacial score (nSPS) is 14.1. The Morgan fingerprint density at radius 2 is 2.05 bits per heavy atom. The largest absolute Gasteiger partial charge is 0.465 e. The molecule has 0 saturated heterocycles. The second kappa shape index (κ2) is 7.08. The molecule has 0 spiro atoms. The summed E-state index contributed by atoms with van der Waals surface area (Å²) in [4.78, 5) is 2.26. The molecule has 0 aromatic carbocycles. The van der Waals surface area contributed by atoms with E-state index in [9.17, 15) is 0 Å². The van der Waals surface area contributed by atoms with Crippen molar-refractivity contribution in [2.24, 2.45) is 0 Å². The summed E-state index contributed by atoms with van der Waals surface area (Å²) < 4.78 is 10.9. The first-order valence-electron chi connectivity index (χ1n) is 6.81. The lowest BCUT2D eigenvalue weighted by atomic mass is 10.1. The van der Waals surface area contributed by atoms with Gasteiger partial charge >= 0.3 is 0 Å². The number of furan rings is 1. The molecule has 1 N–H and O–H groups in total. The minimum atomic E-state index is 0.119. The highest BCUT2D eigenvalue weighted by atomic mass is 16.5. The molecule has 0 bridgehead atoms.